The van der Waals surface area contributed by atoms with Gasteiger partial charge in [-0.3, -0.25) is 9.78 Å². The van der Waals surface area contributed by atoms with E-state index in [9.17, 15) is 4.79 Å². The molecule has 0 spiro atoms. The fourth-order valence-electron chi connectivity index (χ4n) is 1.37. The predicted molar refractivity (Wildman–Crippen MR) is 61.2 cm³/mol. The summed E-state index contributed by atoms with van der Waals surface area (Å²) in [5.41, 5.74) is 1.94. The van der Waals surface area contributed by atoms with E-state index in [1.165, 1.54) is 0 Å². The van der Waals surface area contributed by atoms with Crippen molar-refractivity contribution in [2.45, 2.75) is 12.8 Å². The van der Waals surface area contributed by atoms with Gasteiger partial charge in [0.05, 0.1) is 0 Å². The van der Waals surface area contributed by atoms with Crippen molar-refractivity contribution in [3.63, 3.8) is 0 Å². The van der Waals surface area contributed by atoms with E-state index in [4.69, 9.17) is 0 Å². The molecule has 0 saturated carbocycles. The van der Waals surface area contributed by atoms with E-state index in [-0.39, 0.29) is 5.78 Å². The Labute approximate surface area is 92.6 Å². The molecule has 76 valence electrons. The molecule has 0 amide bonds. The van der Waals surface area contributed by atoms with Crippen LogP contribution < -0.4 is 0 Å². The van der Waals surface area contributed by atoms with Crippen LogP contribution in [0.1, 0.15) is 22.3 Å². The molecule has 0 N–H and O–H groups in total. The van der Waals surface area contributed by atoms with Gasteiger partial charge in [-0.2, -0.15) is 11.3 Å². The van der Waals surface area contributed by atoms with Crippen molar-refractivity contribution in [3.05, 3.63) is 52.5 Å². The SMILES string of the molecule is O=C(CCc1cccnc1)c1ccsc1. The van der Waals surface area contributed by atoms with E-state index < -0.39 is 0 Å². The number of rotatable bonds is 4. The van der Waals surface area contributed by atoms with Crippen molar-refractivity contribution in [1.29, 1.82) is 0 Å². The van der Waals surface area contributed by atoms with E-state index in [1.54, 1.807) is 23.7 Å². The highest BCUT2D eigenvalue weighted by Gasteiger charge is 2.05. The Morgan fingerprint density at radius 2 is 2.33 bits per heavy atom. The number of aryl methyl sites for hydroxylation is 1. The quantitative estimate of drug-likeness (QED) is 0.737. The number of pyridine rings is 1. The largest absolute Gasteiger partial charge is 0.294 e. The highest BCUT2D eigenvalue weighted by atomic mass is 32.1. The van der Waals surface area contributed by atoms with Crippen molar-refractivity contribution < 1.29 is 4.79 Å². The third kappa shape index (κ3) is 2.73. The van der Waals surface area contributed by atoms with Crippen LogP contribution >= 0.6 is 11.3 Å². The summed E-state index contributed by atoms with van der Waals surface area (Å²) < 4.78 is 0. The van der Waals surface area contributed by atoms with Crippen LogP contribution in [0.4, 0.5) is 0 Å². The fraction of sp³-hybridized carbons (Fsp3) is 0.167. The Bertz CT molecular complexity index is 422. The number of nitrogens with zero attached hydrogens (tertiary/aromatic N) is 1. The molecule has 0 aromatic carbocycles. The lowest BCUT2D eigenvalue weighted by molar-refractivity contribution is 0.0983. The minimum atomic E-state index is 0.208. The first-order valence-corrected chi connectivity index (χ1v) is 5.75. The van der Waals surface area contributed by atoms with Crippen molar-refractivity contribution >= 4 is 17.1 Å². The molecule has 3 heteroatoms. The van der Waals surface area contributed by atoms with Crippen LogP contribution in [0.25, 0.3) is 0 Å². The number of carbonyl (C=O) groups excluding carboxylic acids is 1. The third-order valence-electron chi connectivity index (χ3n) is 2.21. The summed E-state index contributed by atoms with van der Waals surface area (Å²) in [4.78, 5) is 15.7. The second-order valence-electron chi connectivity index (χ2n) is 3.30. The summed E-state index contributed by atoms with van der Waals surface area (Å²) in [6.07, 6.45) is 4.87. The molecule has 2 rings (SSSR count). The minimum absolute atomic E-state index is 0.208. The first-order valence-electron chi connectivity index (χ1n) is 4.80. The number of hydrogen-bond donors (Lipinski definition) is 0. The standard InChI is InChI=1S/C12H11NOS/c14-12(11-5-7-15-9-11)4-3-10-2-1-6-13-8-10/h1-2,5-9H,3-4H2. The second-order valence-corrected chi connectivity index (χ2v) is 4.08. The molecule has 0 bridgehead atoms. The Morgan fingerprint density at radius 1 is 1.40 bits per heavy atom. The molecular weight excluding hydrogens is 206 g/mol. The van der Waals surface area contributed by atoms with Gasteiger partial charge in [0.15, 0.2) is 5.78 Å². The monoisotopic (exact) mass is 217 g/mol. The first kappa shape index (κ1) is 10.1. The molecular formula is C12H11NOS. The number of carbonyl (C=O) groups is 1. The van der Waals surface area contributed by atoms with Crippen LogP contribution in [0.15, 0.2) is 41.4 Å². The number of aromatic nitrogens is 1. The van der Waals surface area contributed by atoms with Crippen LogP contribution in [0, 0.1) is 0 Å². The maximum absolute atomic E-state index is 11.7. The lowest BCUT2D eigenvalue weighted by Crippen LogP contribution is -1.99. The van der Waals surface area contributed by atoms with Gasteiger partial charge in [0, 0.05) is 29.8 Å². The zero-order valence-electron chi connectivity index (χ0n) is 8.22. The minimum Gasteiger partial charge on any atom is -0.294 e. The van der Waals surface area contributed by atoms with E-state index in [2.05, 4.69) is 4.98 Å². The van der Waals surface area contributed by atoms with Gasteiger partial charge in [0.25, 0.3) is 0 Å². The normalized spacial score (nSPS) is 10.1. The van der Waals surface area contributed by atoms with E-state index >= 15 is 0 Å². The Hall–Kier alpha value is -1.48. The Morgan fingerprint density at radius 3 is 3.00 bits per heavy atom. The van der Waals surface area contributed by atoms with Gasteiger partial charge in [-0.05, 0) is 29.5 Å². The number of ketones is 1. The average Bonchev–Trinajstić information content (AvgIpc) is 2.81. The molecule has 0 saturated heterocycles. The lowest BCUT2D eigenvalue weighted by Gasteiger charge is -1.98. The molecule has 0 aliphatic heterocycles. The lowest BCUT2D eigenvalue weighted by atomic mass is 10.1. The molecule has 2 heterocycles. The summed E-state index contributed by atoms with van der Waals surface area (Å²) in [6.45, 7) is 0. The van der Waals surface area contributed by atoms with Crippen LogP contribution in [-0.4, -0.2) is 10.8 Å². The summed E-state index contributed by atoms with van der Waals surface area (Å²) in [7, 11) is 0. The van der Waals surface area contributed by atoms with Gasteiger partial charge in [-0.15, -0.1) is 0 Å². The Balaban J connectivity index is 1.92. The van der Waals surface area contributed by atoms with Gasteiger partial charge in [0.1, 0.15) is 0 Å². The van der Waals surface area contributed by atoms with Crippen LogP contribution in [0.3, 0.4) is 0 Å². The van der Waals surface area contributed by atoms with E-state index in [1.807, 2.05) is 29.0 Å². The van der Waals surface area contributed by atoms with Gasteiger partial charge >= 0.3 is 0 Å². The number of thiophene rings is 1. The molecule has 0 atom stereocenters. The van der Waals surface area contributed by atoms with Crippen LogP contribution in [-0.2, 0) is 6.42 Å². The number of hydrogen-bond acceptors (Lipinski definition) is 3. The second kappa shape index (κ2) is 4.84. The van der Waals surface area contributed by atoms with Gasteiger partial charge in [0.2, 0.25) is 0 Å². The fourth-order valence-corrected chi connectivity index (χ4v) is 2.03. The van der Waals surface area contributed by atoms with E-state index in [0.29, 0.717) is 6.42 Å². The maximum atomic E-state index is 11.7. The topological polar surface area (TPSA) is 30.0 Å². The van der Waals surface area contributed by atoms with Gasteiger partial charge in [-0.25, -0.2) is 0 Å². The summed E-state index contributed by atoms with van der Waals surface area (Å²) in [5.74, 6) is 0.208. The molecule has 0 aliphatic carbocycles. The van der Waals surface area contributed by atoms with Crippen molar-refractivity contribution in [3.8, 4) is 0 Å². The van der Waals surface area contributed by atoms with Gasteiger partial charge in [-0.1, -0.05) is 6.07 Å². The highest BCUT2D eigenvalue weighted by Crippen LogP contribution is 2.10. The molecule has 0 radical (unpaired) electrons. The van der Waals surface area contributed by atoms with Crippen LogP contribution in [0.5, 0.6) is 0 Å². The molecule has 2 aromatic rings. The summed E-state index contributed by atoms with van der Waals surface area (Å²) >= 11 is 1.56. The molecule has 0 fully saturated rings. The molecule has 2 nitrogen and oxygen atoms in total. The summed E-state index contributed by atoms with van der Waals surface area (Å²) in [5, 5.41) is 3.82. The van der Waals surface area contributed by atoms with Gasteiger partial charge < -0.3 is 0 Å². The Kier molecular flexibility index (Phi) is 3.25. The average molecular weight is 217 g/mol. The highest BCUT2D eigenvalue weighted by molar-refractivity contribution is 7.08. The van der Waals surface area contributed by atoms with Crippen molar-refractivity contribution in [2.75, 3.05) is 0 Å². The molecule has 0 unspecified atom stereocenters. The molecule has 15 heavy (non-hydrogen) atoms. The van der Waals surface area contributed by atoms with Crippen molar-refractivity contribution in [2.24, 2.45) is 0 Å². The van der Waals surface area contributed by atoms with E-state index in [0.717, 1.165) is 17.5 Å². The predicted octanol–water partition coefficient (Wildman–Crippen LogP) is 2.96. The maximum Gasteiger partial charge on any atom is 0.164 e. The zero-order valence-corrected chi connectivity index (χ0v) is 9.04. The first-order chi connectivity index (χ1) is 7.36. The number of Topliss-reactive ketones (excluding diaryl/α,β-unsaturated/α-hetero) is 1. The molecule has 2 aromatic heterocycles. The smallest absolute Gasteiger partial charge is 0.164 e. The van der Waals surface area contributed by atoms with Crippen molar-refractivity contribution in [1.82, 2.24) is 4.98 Å². The van der Waals surface area contributed by atoms with Crippen LogP contribution in [0.2, 0.25) is 0 Å². The third-order valence-corrected chi connectivity index (χ3v) is 2.89. The zero-order chi connectivity index (χ0) is 10.5. The summed E-state index contributed by atoms with van der Waals surface area (Å²) in [6, 6.07) is 5.76. The molecule has 0 aliphatic rings.